The molecule has 0 aliphatic rings. The van der Waals surface area contributed by atoms with Gasteiger partial charge in [-0.25, -0.2) is 4.98 Å². The number of anilines is 1. The van der Waals surface area contributed by atoms with Gasteiger partial charge in [0.2, 0.25) is 0 Å². The number of nitrogens with one attached hydrogen (secondary N) is 1. The fraction of sp³-hybridized carbons (Fsp3) is 0.0435. The number of benzene rings is 3. The Bertz CT molecular complexity index is 1140. The quantitative estimate of drug-likeness (QED) is 0.407. The van der Waals surface area contributed by atoms with Crippen molar-refractivity contribution in [1.82, 2.24) is 4.98 Å². The molecule has 0 saturated heterocycles. The highest BCUT2D eigenvalue weighted by molar-refractivity contribution is 7.19. The minimum Gasteiger partial charge on any atom is -0.497 e. The maximum atomic E-state index is 12.7. The second-order valence-corrected chi connectivity index (χ2v) is 7.63. The van der Waals surface area contributed by atoms with Crippen LogP contribution in [0.25, 0.3) is 21.7 Å². The number of amides is 1. The van der Waals surface area contributed by atoms with Gasteiger partial charge in [-0.1, -0.05) is 65.4 Å². The van der Waals surface area contributed by atoms with Gasteiger partial charge in [-0.3, -0.25) is 10.1 Å². The fourth-order valence-corrected chi connectivity index (χ4v) is 4.12. The zero-order valence-electron chi connectivity index (χ0n) is 15.6. The summed E-state index contributed by atoms with van der Waals surface area (Å²) in [6.45, 7) is 0. The van der Waals surface area contributed by atoms with Gasteiger partial charge in [0.05, 0.1) is 28.3 Å². The Morgan fingerprint density at radius 3 is 2.31 bits per heavy atom. The summed E-state index contributed by atoms with van der Waals surface area (Å²) in [6, 6.07) is 24.6. The van der Waals surface area contributed by atoms with Crippen LogP contribution in [0.4, 0.5) is 5.13 Å². The summed E-state index contributed by atoms with van der Waals surface area (Å²) in [5.74, 6) is 0.489. The first-order valence-corrected chi connectivity index (χ1v) is 10.1. The lowest BCUT2D eigenvalue weighted by Crippen LogP contribution is -2.12. The van der Waals surface area contributed by atoms with Crippen LogP contribution in [0.15, 0.2) is 78.9 Å². The monoisotopic (exact) mass is 420 g/mol. The second-order valence-electron chi connectivity index (χ2n) is 6.23. The second kappa shape index (κ2) is 8.47. The zero-order chi connectivity index (χ0) is 20.2. The summed E-state index contributed by atoms with van der Waals surface area (Å²) < 4.78 is 5.25. The molecule has 1 N–H and O–H groups in total. The van der Waals surface area contributed by atoms with Crippen molar-refractivity contribution in [3.63, 3.8) is 0 Å². The van der Waals surface area contributed by atoms with Gasteiger partial charge in [0.25, 0.3) is 5.91 Å². The number of ether oxygens (including phenoxy) is 1. The van der Waals surface area contributed by atoms with Crippen LogP contribution in [0, 0.1) is 0 Å². The smallest absolute Gasteiger partial charge is 0.258 e. The summed E-state index contributed by atoms with van der Waals surface area (Å²) in [4.78, 5) is 18.4. The number of carbonyl (C=O) groups excluding carboxylic acids is 1. The average Bonchev–Trinajstić information content (AvgIpc) is 3.18. The molecule has 0 unspecified atom stereocenters. The molecular weight excluding hydrogens is 404 g/mol. The molecule has 0 aliphatic carbocycles. The standard InChI is InChI=1S/C23H17ClN2O2S/c1-28-17-13-11-15(12-14-17)20-21(16-7-3-2-4-8-16)29-23(25-20)26-22(27)18-9-5-6-10-19(18)24/h2-14H,1H3,(H,25,26,27). The number of thiazole rings is 1. The van der Waals surface area contributed by atoms with E-state index in [2.05, 4.69) is 5.32 Å². The predicted octanol–water partition coefficient (Wildman–Crippen LogP) is 6.39. The molecule has 4 aromatic rings. The molecule has 0 bridgehead atoms. The highest BCUT2D eigenvalue weighted by Crippen LogP contribution is 2.39. The lowest BCUT2D eigenvalue weighted by atomic mass is 10.1. The van der Waals surface area contributed by atoms with E-state index in [4.69, 9.17) is 21.3 Å². The molecule has 4 nitrogen and oxygen atoms in total. The van der Waals surface area contributed by atoms with Gasteiger partial charge >= 0.3 is 0 Å². The van der Waals surface area contributed by atoms with Crippen LogP contribution in [0.3, 0.4) is 0 Å². The number of hydrogen-bond acceptors (Lipinski definition) is 4. The Morgan fingerprint density at radius 1 is 0.931 bits per heavy atom. The number of rotatable bonds is 5. The van der Waals surface area contributed by atoms with Gasteiger partial charge in [0.1, 0.15) is 5.75 Å². The Morgan fingerprint density at radius 2 is 1.62 bits per heavy atom. The van der Waals surface area contributed by atoms with Crippen molar-refractivity contribution in [2.45, 2.75) is 0 Å². The summed E-state index contributed by atoms with van der Waals surface area (Å²) >= 11 is 7.58. The van der Waals surface area contributed by atoms with E-state index in [0.29, 0.717) is 15.7 Å². The molecule has 0 saturated carbocycles. The van der Waals surface area contributed by atoms with Gasteiger partial charge < -0.3 is 4.74 Å². The summed E-state index contributed by atoms with van der Waals surface area (Å²) in [5, 5.41) is 3.80. The first kappa shape index (κ1) is 19.2. The van der Waals surface area contributed by atoms with Crippen LogP contribution in [0.1, 0.15) is 10.4 Å². The number of methoxy groups -OCH3 is 1. The molecule has 0 radical (unpaired) electrons. The van der Waals surface area contributed by atoms with Crippen molar-refractivity contribution in [3.8, 4) is 27.4 Å². The SMILES string of the molecule is COc1ccc(-c2nc(NC(=O)c3ccccc3Cl)sc2-c2ccccc2)cc1. The number of hydrogen-bond donors (Lipinski definition) is 1. The fourth-order valence-electron chi connectivity index (χ4n) is 2.91. The van der Waals surface area contributed by atoms with E-state index in [9.17, 15) is 4.79 Å². The molecule has 1 heterocycles. The molecule has 0 spiro atoms. The number of halogens is 1. The van der Waals surface area contributed by atoms with Crippen LogP contribution in [-0.2, 0) is 0 Å². The predicted molar refractivity (Wildman–Crippen MR) is 119 cm³/mol. The minimum absolute atomic E-state index is 0.287. The van der Waals surface area contributed by atoms with Gasteiger partial charge in [-0.2, -0.15) is 0 Å². The molecule has 6 heteroatoms. The van der Waals surface area contributed by atoms with Crippen LogP contribution < -0.4 is 10.1 Å². The summed E-state index contributed by atoms with van der Waals surface area (Å²) in [5.41, 5.74) is 3.20. The highest BCUT2D eigenvalue weighted by atomic mass is 35.5. The van der Waals surface area contributed by atoms with E-state index in [1.807, 2.05) is 54.6 Å². The third-order valence-corrected chi connectivity index (χ3v) is 5.72. The molecule has 1 aromatic heterocycles. The molecule has 3 aromatic carbocycles. The highest BCUT2D eigenvalue weighted by Gasteiger charge is 2.18. The molecule has 0 fully saturated rings. The van der Waals surface area contributed by atoms with Crippen LogP contribution in [-0.4, -0.2) is 18.0 Å². The van der Waals surface area contributed by atoms with Gasteiger partial charge in [-0.05, 0) is 42.0 Å². The molecule has 1 amide bonds. The molecule has 0 aliphatic heterocycles. The number of aromatic nitrogens is 1. The van der Waals surface area contributed by atoms with Crippen LogP contribution in [0.2, 0.25) is 5.02 Å². The lowest BCUT2D eigenvalue weighted by Gasteiger charge is -2.04. The van der Waals surface area contributed by atoms with E-state index < -0.39 is 0 Å². The molecule has 0 atom stereocenters. The van der Waals surface area contributed by atoms with E-state index in [1.165, 1.54) is 11.3 Å². The molecule has 29 heavy (non-hydrogen) atoms. The number of nitrogens with zero attached hydrogens (tertiary/aromatic N) is 1. The maximum Gasteiger partial charge on any atom is 0.258 e. The van der Waals surface area contributed by atoms with Crippen molar-refractivity contribution in [2.24, 2.45) is 0 Å². The van der Waals surface area contributed by atoms with E-state index in [0.717, 1.165) is 27.4 Å². The first-order chi connectivity index (χ1) is 14.2. The van der Waals surface area contributed by atoms with Crippen molar-refractivity contribution >= 4 is 34.0 Å². The van der Waals surface area contributed by atoms with Gasteiger partial charge in [0, 0.05) is 5.56 Å². The first-order valence-electron chi connectivity index (χ1n) is 8.92. The lowest BCUT2D eigenvalue weighted by molar-refractivity contribution is 0.102. The topological polar surface area (TPSA) is 51.2 Å². The Labute approximate surface area is 177 Å². The largest absolute Gasteiger partial charge is 0.497 e. The van der Waals surface area contributed by atoms with Gasteiger partial charge in [-0.15, -0.1) is 0 Å². The zero-order valence-corrected chi connectivity index (χ0v) is 17.1. The maximum absolute atomic E-state index is 12.7. The van der Waals surface area contributed by atoms with Gasteiger partial charge in [0.15, 0.2) is 5.13 Å². The minimum atomic E-state index is -0.287. The third-order valence-electron chi connectivity index (χ3n) is 4.37. The van der Waals surface area contributed by atoms with Crippen molar-refractivity contribution in [3.05, 3.63) is 89.4 Å². The Kier molecular flexibility index (Phi) is 5.60. The normalized spacial score (nSPS) is 10.6. The molecular formula is C23H17ClN2O2S. The van der Waals surface area contributed by atoms with E-state index in [-0.39, 0.29) is 5.91 Å². The Hall–Kier alpha value is -3.15. The average molecular weight is 421 g/mol. The summed E-state index contributed by atoms with van der Waals surface area (Å²) in [7, 11) is 1.63. The third kappa shape index (κ3) is 4.16. The Balaban J connectivity index is 1.73. The van der Waals surface area contributed by atoms with Crippen LogP contribution in [0.5, 0.6) is 5.75 Å². The number of carbonyl (C=O) groups is 1. The molecule has 144 valence electrons. The van der Waals surface area contributed by atoms with E-state index in [1.54, 1.807) is 31.4 Å². The van der Waals surface area contributed by atoms with E-state index >= 15 is 0 Å². The molecule has 4 rings (SSSR count). The summed E-state index contributed by atoms with van der Waals surface area (Å²) in [6.07, 6.45) is 0. The van der Waals surface area contributed by atoms with Crippen molar-refractivity contribution in [1.29, 1.82) is 0 Å². The van der Waals surface area contributed by atoms with Crippen molar-refractivity contribution < 1.29 is 9.53 Å². The van der Waals surface area contributed by atoms with Crippen molar-refractivity contribution in [2.75, 3.05) is 12.4 Å². The van der Waals surface area contributed by atoms with Crippen LogP contribution >= 0.6 is 22.9 Å².